The van der Waals surface area contributed by atoms with E-state index in [2.05, 4.69) is 9.82 Å². The standard InChI is InChI=1S/C11H8N4O3S/c12-11(17)6-1-2-8-7(3-6)5-13-15(8)10-4-9(16)14-19(10)18/h1-5H,(H2,12,17)(H,14,16). The summed E-state index contributed by atoms with van der Waals surface area (Å²) < 4.78 is 15.3. The van der Waals surface area contributed by atoms with Crippen LogP contribution >= 0.6 is 0 Å². The molecule has 0 bridgehead atoms. The van der Waals surface area contributed by atoms with Gasteiger partial charge < -0.3 is 5.73 Å². The summed E-state index contributed by atoms with van der Waals surface area (Å²) in [4.78, 5) is 22.2. The van der Waals surface area contributed by atoms with E-state index in [1.165, 1.54) is 17.0 Å². The van der Waals surface area contributed by atoms with Gasteiger partial charge in [-0.05, 0) is 18.2 Å². The summed E-state index contributed by atoms with van der Waals surface area (Å²) in [6.07, 6.45) is 2.74. The van der Waals surface area contributed by atoms with E-state index < -0.39 is 22.8 Å². The maximum absolute atomic E-state index is 11.7. The van der Waals surface area contributed by atoms with Gasteiger partial charge in [0.15, 0.2) is 16.0 Å². The van der Waals surface area contributed by atoms with E-state index in [4.69, 9.17) is 5.73 Å². The molecule has 1 aromatic carbocycles. The molecule has 2 aromatic rings. The topological polar surface area (TPSA) is 107 Å². The zero-order valence-electron chi connectivity index (χ0n) is 9.49. The third kappa shape index (κ3) is 1.82. The van der Waals surface area contributed by atoms with Crippen molar-refractivity contribution in [2.45, 2.75) is 0 Å². The molecule has 1 unspecified atom stereocenters. The molecule has 3 rings (SSSR count). The van der Waals surface area contributed by atoms with Gasteiger partial charge in [0.2, 0.25) is 5.91 Å². The average molecular weight is 276 g/mol. The molecule has 2 heterocycles. The van der Waals surface area contributed by atoms with Crippen molar-refractivity contribution < 1.29 is 13.8 Å². The van der Waals surface area contributed by atoms with Crippen molar-refractivity contribution in [2.24, 2.45) is 5.73 Å². The van der Waals surface area contributed by atoms with Crippen LogP contribution in [-0.2, 0) is 15.8 Å². The van der Waals surface area contributed by atoms with E-state index in [0.29, 0.717) is 16.5 Å². The van der Waals surface area contributed by atoms with Crippen LogP contribution < -0.4 is 10.5 Å². The van der Waals surface area contributed by atoms with Gasteiger partial charge in [0.25, 0.3) is 5.91 Å². The Morgan fingerprint density at radius 1 is 1.42 bits per heavy atom. The van der Waals surface area contributed by atoms with Crippen LogP contribution in [-0.4, -0.2) is 25.8 Å². The van der Waals surface area contributed by atoms with Gasteiger partial charge in [0.05, 0.1) is 11.7 Å². The first-order chi connectivity index (χ1) is 9.06. The minimum Gasteiger partial charge on any atom is -0.366 e. The second-order valence-corrected chi connectivity index (χ2v) is 5.07. The molecule has 0 saturated carbocycles. The van der Waals surface area contributed by atoms with E-state index in [9.17, 15) is 13.8 Å². The van der Waals surface area contributed by atoms with Crippen LogP contribution in [0.3, 0.4) is 0 Å². The van der Waals surface area contributed by atoms with Crippen LogP contribution in [0.5, 0.6) is 0 Å². The lowest BCUT2D eigenvalue weighted by Crippen LogP contribution is -2.17. The molecule has 1 aromatic heterocycles. The summed E-state index contributed by atoms with van der Waals surface area (Å²) in [6, 6.07) is 4.79. The minimum absolute atomic E-state index is 0.256. The monoisotopic (exact) mass is 276 g/mol. The Kier molecular flexibility index (Phi) is 2.46. The Hall–Kier alpha value is -2.48. The predicted octanol–water partition coefficient (Wildman–Crippen LogP) is -0.273. The van der Waals surface area contributed by atoms with Crippen molar-refractivity contribution in [3.05, 3.63) is 36.0 Å². The highest BCUT2D eigenvalue weighted by atomic mass is 32.2. The van der Waals surface area contributed by atoms with E-state index in [0.717, 1.165) is 0 Å². The lowest BCUT2D eigenvalue weighted by atomic mass is 10.1. The third-order valence-electron chi connectivity index (χ3n) is 2.70. The van der Waals surface area contributed by atoms with Crippen molar-refractivity contribution in [3.63, 3.8) is 0 Å². The number of benzene rings is 1. The molecule has 0 fully saturated rings. The number of amides is 2. The molecule has 0 aliphatic carbocycles. The summed E-state index contributed by atoms with van der Waals surface area (Å²) in [5.74, 6) is -0.958. The number of nitrogens with zero attached hydrogens (tertiary/aromatic N) is 2. The molecule has 19 heavy (non-hydrogen) atoms. The molecule has 3 N–H and O–H groups in total. The van der Waals surface area contributed by atoms with Crippen LogP contribution in [0.2, 0.25) is 0 Å². The Labute approximate surface area is 109 Å². The highest BCUT2D eigenvalue weighted by Crippen LogP contribution is 2.22. The Morgan fingerprint density at radius 3 is 2.84 bits per heavy atom. The van der Waals surface area contributed by atoms with Crippen molar-refractivity contribution in [1.82, 2.24) is 14.5 Å². The van der Waals surface area contributed by atoms with Gasteiger partial charge in [-0.3, -0.25) is 14.3 Å². The summed E-state index contributed by atoms with van der Waals surface area (Å²) in [5.41, 5.74) is 6.20. The van der Waals surface area contributed by atoms with E-state index in [1.54, 1.807) is 18.2 Å². The van der Waals surface area contributed by atoms with Crippen LogP contribution in [0.25, 0.3) is 15.9 Å². The van der Waals surface area contributed by atoms with Gasteiger partial charge in [-0.2, -0.15) is 5.10 Å². The molecule has 0 saturated heterocycles. The van der Waals surface area contributed by atoms with Crippen molar-refractivity contribution >= 4 is 38.7 Å². The largest absolute Gasteiger partial charge is 0.366 e. The minimum atomic E-state index is -1.62. The van der Waals surface area contributed by atoms with Gasteiger partial charge in [-0.25, -0.2) is 8.89 Å². The van der Waals surface area contributed by atoms with E-state index in [1.807, 2.05) is 0 Å². The number of hydrogen-bond acceptors (Lipinski definition) is 4. The maximum Gasteiger partial charge on any atom is 0.258 e. The summed E-state index contributed by atoms with van der Waals surface area (Å²) in [5, 5.41) is 5.00. The van der Waals surface area contributed by atoms with Crippen LogP contribution in [0.1, 0.15) is 10.4 Å². The molecule has 96 valence electrons. The fraction of sp³-hybridized carbons (Fsp3) is 0. The average Bonchev–Trinajstić information content (AvgIpc) is 2.91. The molecule has 1 atom stereocenters. The van der Waals surface area contributed by atoms with Crippen LogP contribution in [0.4, 0.5) is 0 Å². The molecule has 8 heteroatoms. The Balaban J connectivity index is 2.17. The smallest absolute Gasteiger partial charge is 0.258 e. The lowest BCUT2D eigenvalue weighted by molar-refractivity contribution is -0.114. The number of carbonyl (C=O) groups excluding carboxylic acids is 2. The third-order valence-corrected chi connectivity index (χ3v) is 3.76. The Morgan fingerprint density at radius 2 is 2.21 bits per heavy atom. The first-order valence-corrected chi connectivity index (χ1v) is 6.43. The summed E-state index contributed by atoms with van der Waals surface area (Å²) in [6.45, 7) is 0. The highest BCUT2D eigenvalue weighted by Gasteiger charge is 2.23. The number of fused-ring (bicyclic) bond motifs is 1. The van der Waals surface area contributed by atoms with Crippen molar-refractivity contribution in [1.29, 1.82) is 0 Å². The lowest BCUT2D eigenvalue weighted by Gasteiger charge is -2.02. The zero-order valence-corrected chi connectivity index (χ0v) is 10.3. The summed E-state index contributed by atoms with van der Waals surface area (Å²) in [7, 11) is -1.62. The molecule has 0 spiro atoms. The normalized spacial score (nSPS) is 18.4. The number of aromatic nitrogens is 2. The molecule has 7 nitrogen and oxygen atoms in total. The van der Waals surface area contributed by atoms with Crippen LogP contribution in [0.15, 0.2) is 30.5 Å². The zero-order chi connectivity index (χ0) is 13.6. The molecular formula is C11H8N4O3S. The molecule has 2 amide bonds. The van der Waals surface area contributed by atoms with Crippen molar-refractivity contribution in [2.75, 3.05) is 0 Å². The first kappa shape index (κ1) is 11.6. The van der Waals surface area contributed by atoms with Gasteiger partial charge in [0, 0.05) is 17.0 Å². The number of primary amides is 1. The maximum atomic E-state index is 11.7. The van der Waals surface area contributed by atoms with Crippen molar-refractivity contribution in [3.8, 4) is 0 Å². The highest BCUT2D eigenvalue weighted by molar-refractivity contribution is 7.93. The number of nitrogens with two attached hydrogens (primary N) is 1. The van der Waals surface area contributed by atoms with Gasteiger partial charge in [-0.15, -0.1) is 0 Å². The number of rotatable bonds is 2. The second-order valence-electron chi connectivity index (χ2n) is 3.91. The van der Waals surface area contributed by atoms with E-state index in [-0.39, 0.29) is 5.03 Å². The van der Waals surface area contributed by atoms with Gasteiger partial charge in [0.1, 0.15) is 0 Å². The SMILES string of the molecule is NC(=O)c1ccc2c(cnn2C2=CC(=O)NS2=O)c1. The van der Waals surface area contributed by atoms with Gasteiger partial charge in [-0.1, -0.05) is 0 Å². The molecule has 1 aliphatic heterocycles. The van der Waals surface area contributed by atoms with Gasteiger partial charge >= 0.3 is 0 Å². The predicted molar refractivity (Wildman–Crippen MR) is 68.8 cm³/mol. The number of nitrogens with one attached hydrogen (secondary N) is 1. The van der Waals surface area contributed by atoms with E-state index >= 15 is 0 Å². The second kappa shape index (κ2) is 4.02. The number of hydrogen-bond donors (Lipinski definition) is 2. The van der Waals surface area contributed by atoms with Crippen LogP contribution in [0, 0.1) is 0 Å². The molecule has 1 aliphatic rings. The quantitative estimate of drug-likeness (QED) is 0.787. The molecular weight excluding hydrogens is 268 g/mol. The number of carbonyl (C=O) groups is 2. The Bertz CT molecular complexity index is 777. The fourth-order valence-electron chi connectivity index (χ4n) is 1.84. The molecule has 0 radical (unpaired) electrons. The first-order valence-electron chi connectivity index (χ1n) is 5.28. The fourth-order valence-corrected chi connectivity index (χ4v) is 2.70. The summed E-state index contributed by atoms with van der Waals surface area (Å²) >= 11 is 0.